The molecule has 3 rings (SSSR count). The van der Waals surface area contributed by atoms with Crippen molar-refractivity contribution in [2.24, 2.45) is 0 Å². The Kier molecular flexibility index (Phi) is 6.75. The Labute approximate surface area is 174 Å². The Hall–Kier alpha value is -3.74. The third-order valence-corrected chi connectivity index (χ3v) is 4.40. The summed E-state index contributed by atoms with van der Waals surface area (Å²) in [5.41, 5.74) is 2.08. The van der Waals surface area contributed by atoms with Crippen LogP contribution in [0.4, 0.5) is 0 Å². The Morgan fingerprint density at radius 1 is 1.00 bits per heavy atom. The van der Waals surface area contributed by atoms with Gasteiger partial charge in [-0.1, -0.05) is 18.2 Å². The van der Waals surface area contributed by atoms with Gasteiger partial charge < -0.3 is 23.4 Å². The molecule has 7 nitrogen and oxygen atoms in total. The molecule has 0 saturated heterocycles. The summed E-state index contributed by atoms with van der Waals surface area (Å²) in [5, 5.41) is 0. The van der Waals surface area contributed by atoms with Crippen LogP contribution in [0, 0.1) is 6.92 Å². The van der Waals surface area contributed by atoms with Crippen molar-refractivity contribution in [2.75, 3.05) is 21.3 Å². The Morgan fingerprint density at radius 2 is 1.67 bits per heavy atom. The molecule has 3 aromatic rings. The Balaban J connectivity index is 1.68. The monoisotopic (exact) mass is 409 g/mol. The summed E-state index contributed by atoms with van der Waals surface area (Å²) < 4.78 is 26.9. The van der Waals surface area contributed by atoms with Crippen LogP contribution in [0.15, 0.2) is 53.0 Å². The lowest BCUT2D eigenvalue weighted by Gasteiger charge is -2.12. The molecule has 156 valence electrons. The molecule has 2 aromatic carbocycles. The number of aryl methyl sites for hydroxylation is 1. The van der Waals surface area contributed by atoms with Gasteiger partial charge in [0.15, 0.2) is 11.5 Å². The molecule has 0 aliphatic heterocycles. The number of hydrogen-bond donors (Lipinski definition) is 0. The van der Waals surface area contributed by atoms with Crippen LogP contribution in [0.2, 0.25) is 0 Å². The minimum absolute atomic E-state index is 0.00834. The highest BCUT2D eigenvalue weighted by Crippen LogP contribution is 2.35. The standard InChI is InChI=1S/C23H23NO6/c1-15-18(24-23(30-15)16-8-6-5-7-9-16)14-29-22(25)11-10-17-12-20(27-3)21(28-4)13-19(17)26-2/h5-13H,14H2,1-4H3/b11-10+. The molecule has 0 saturated carbocycles. The van der Waals surface area contributed by atoms with Crippen molar-refractivity contribution in [2.45, 2.75) is 13.5 Å². The maximum atomic E-state index is 12.2. The van der Waals surface area contributed by atoms with Crippen LogP contribution in [-0.2, 0) is 16.1 Å². The number of methoxy groups -OCH3 is 3. The van der Waals surface area contributed by atoms with E-state index in [1.807, 2.05) is 30.3 Å². The first-order valence-corrected chi connectivity index (χ1v) is 9.22. The molecule has 0 amide bonds. The second-order valence-electron chi connectivity index (χ2n) is 6.28. The molecule has 1 heterocycles. The molecule has 0 atom stereocenters. The molecular formula is C23H23NO6. The molecule has 1 aromatic heterocycles. The van der Waals surface area contributed by atoms with E-state index in [2.05, 4.69) is 4.98 Å². The van der Waals surface area contributed by atoms with Crippen molar-refractivity contribution in [1.82, 2.24) is 4.98 Å². The zero-order valence-electron chi connectivity index (χ0n) is 17.3. The summed E-state index contributed by atoms with van der Waals surface area (Å²) in [6.07, 6.45) is 2.91. The smallest absolute Gasteiger partial charge is 0.331 e. The van der Waals surface area contributed by atoms with E-state index in [4.69, 9.17) is 23.4 Å². The highest BCUT2D eigenvalue weighted by molar-refractivity contribution is 5.87. The number of benzene rings is 2. The predicted octanol–water partition coefficient (Wildman–Crippen LogP) is 4.43. The lowest BCUT2D eigenvalue weighted by molar-refractivity contribution is -0.139. The van der Waals surface area contributed by atoms with Crippen LogP contribution < -0.4 is 14.2 Å². The van der Waals surface area contributed by atoms with Crippen molar-refractivity contribution >= 4 is 12.0 Å². The molecule has 0 fully saturated rings. The Bertz CT molecular complexity index is 1040. The summed E-state index contributed by atoms with van der Waals surface area (Å²) in [6.45, 7) is 1.79. The van der Waals surface area contributed by atoms with Crippen molar-refractivity contribution in [3.05, 3.63) is 65.6 Å². The van der Waals surface area contributed by atoms with Crippen LogP contribution in [0.25, 0.3) is 17.5 Å². The van der Waals surface area contributed by atoms with E-state index in [-0.39, 0.29) is 6.61 Å². The van der Waals surface area contributed by atoms with Gasteiger partial charge >= 0.3 is 5.97 Å². The normalized spacial score (nSPS) is 10.8. The van der Waals surface area contributed by atoms with E-state index >= 15 is 0 Å². The molecule has 0 spiro atoms. The first-order valence-electron chi connectivity index (χ1n) is 9.22. The number of carbonyl (C=O) groups is 1. The molecule has 0 radical (unpaired) electrons. The minimum atomic E-state index is -0.518. The quantitative estimate of drug-likeness (QED) is 0.402. The maximum Gasteiger partial charge on any atom is 0.331 e. The van der Waals surface area contributed by atoms with Crippen molar-refractivity contribution in [3.63, 3.8) is 0 Å². The van der Waals surface area contributed by atoms with E-state index in [9.17, 15) is 4.79 Å². The second-order valence-corrected chi connectivity index (χ2v) is 6.28. The molecule has 0 unspecified atom stereocenters. The lowest BCUT2D eigenvalue weighted by Crippen LogP contribution is -2.02. The summed E-state index contributed by atoms with van der Waals surface area (Å²) in [4.78, 5) is 16.6. The maximum absolute atomic E-state index is 12.2. The molecule has 30 heavy (non-hydrogen) atoms. The molecule has 0 bridgehead atoms. The van der Waals surface area contributed by atoms with Crippen LogP contribution in [-0.4, -0.2) is 32.3 Å². The van der Waals surface area contributed by atoms with E-state index in [0.29, 0.717) is 40.2 Å². The fourth-order valence-electron chi connectivity index (χ4n) is 2.79. The zero-order valence-corrected chi connectivity index (χ0v) is 17.3. The predicted molar refractivity (Wildman–Crippen MR) is 112 cm³/mol. The number of oxazole rings is 1. The van der Waals surface area contributed by atoms with Gasteiger partial charge in [0.25, 0.3) is 0 Å². The van der Waals surface area contributed by atoms with E-state index in [1.54, 1.807) is 32.2 Å². The number of rotatable bonds is 8. The average molecular weight is 409 g/mol. The lowest BCUT2D eigenvalue weighted by atomic mass is 10.1. The molecule has 0 N–H and O–H groups in total. The van der Waals surface area contributed by atoms with E-state index in [0.717, 1.165) is 5.56 Å². The number of carbonyl (C=O) groups excluding carboxylic acids is 1. The van der Waals surface area contributed by atoms with Gasteiger partial charge in [0, 0.05) is 23.3 Å². The highest BCUT2D eigenvalue weighted by Gasteiger charge is 2.13. The number of ether oxygens (including phenoxy) is 4. The third-order valence-electron chi connectivity index (χ3n) is 4.40. The van der Waals surface area contributed by atoms with Crippen molar-refractivity contribution in [3.8, 4) is 28.7 Å². The average Bonchev–Trinajstić information content (AvgIpc) is 3.16. The third kappa shape index (κ3) is 4.81. The zero-order chi connectivity index (χ0) is 21.5. The molecular weight excluding hydrogens is 386 g/mol. The van der Waals surface area contributed by atoms with Crippen LogP contribution >= 0.6 is 0 Å². The first kappa shape index (κ1) is 21.0. The van der Waals surface area contributed by atoms with Gasteiger partial charge in [-0.25, -0.2) is 9.78 Å². The largest absolute Gasteiger partial charge is 0.496 e. The summed E-state index contributed by atoms with van der Waals surface area (Å²) in [6, 6.07) is 12.9. The topological polar surface area (TPSA) is 80.0 Å². The molecule has 7 heteroatoms. The molecule has 0 aliphatic rings. The van der Waals surface area contributed by atoms with Gasteiger partial charge in [-0.15, -0.1) is 0 Å². The van der Waals surface area contributed by atoms with E-state index < -0.39 is 5.97 Å². The van der Waals surface area contributed by atoms with Crippen LogP contribution in [0.5, 0.6) is 17.2 Å². The fraction of sp³-hybridized carbons (Fsp3) is 0.217. The van der Waals surface area contributed by atoms with Crippen LogP contribution in [0.1, 0.15) is 17.0 Å². The fourth-order valence-corrected chi connectivity index (χ4v) is 2.79. The summed E-state index contributed by atoms with van der Waals surface area (Å²) in [5.74, 6) is 2.17. The van der Waals surface area contributed by atoms with Gasteiger partial charge in [-0.3, -0.25) is 0 Å². The Morgan fingerprint density at radius 3 is 2.33 bits per heavy atom. The van der Waals surface area contributed by atoms with Gasteiger partial charge in [0.1, 0.15) is 23.8 Å². The SMILES string of the molecule is COc1cc(OC)c(OC)cc1/C=C/C(=O)OCc1nc(-c2ccccc2)oc1C. The van der Waals surface area contributed by atoms with Gasteiger partial charge in [-0.2, -0.15) is 0 Å². The van der Waals surface area contributed by atoms with Gasteiger partial charge in [0.05, 0.1) is 21.3 Å². The summed E-state index contributed by atoms with van der Waals surface area (Å²) >= 11 is 0. The number of hydrogen-bond acceptors (Lipinski definition) is 7. The van der Waals surface area contributed by atoms with Crippen molar-refractivity contribution < 1.29 is 28.2 Å². The highest BCUT2D eigenvalue weighted by atomic mass is 16.5. The van der Waals surface area contributed by atoms with Gasteiger partial charge in [-0.05, 0) is 31.2 Å². The number of aromatic nitrogens is 1. The van der Waals surface area contributed by atoms with E-state index in [1.165, 1.54) is 20.3 Å². The first-order chi connectivity index (χ1) is 14.5. The second kappa shape index (κ2) is 9.65. The van der Waals surface area contributed by atoms with Crippen molar-refractivity contribution in [1.29, 1.82) is 0 Å². The number of nitrogens with zero attached hydrogens (tertiary/aromatic N) is 1. The molecule has 0 aliphatic carbocycles. The van der Waals surface area contributed by atoms with Gasteiger partial charge in [0.2, 0.25) is 5.89 Å². The summed E-state index contributed by atoms with van der Waals surface area (Å²) in [7, 11) is 4.61. The number of esters is 1. The minimum Gasteiger partial charge on any atom is -0.496 e. The van der Waals surface area contributed by atoms with Crippen LogP contribution in [0.3, 0.4) is 0 Å².